The van der Waals surface area contributed by atoms with Crippen LogP contribution in [0, 0.1) is 0 Å². The normalized spacial score (nSPS) is 11.4. The lowest BCUT2D eigenvalue weighted by molar-refractivity contribution is 0.482. The molecule has 0 aromatic heterocycles. The average molecular weight is 283 g/mol. The van der Waals surface area contributed by atoms with E-state index in [4.69, 9.17) is 12.2 Å². The highest BCUT2D eigenvalue weighted by Gasteiger charge is 2.04. The minimum atomic E-state index is 0.900. The van der Waals surface area contributed by atoms with Crippen LogP contribution in [-0.4, -0.2) is 22.3 Å². The van der Waals surface area contributed by atoms with E-state index in [1.807, 2.05) is 35.7 Å². The summed E-state index contributed by atoms with van der Waals surface area (Å²) in [5, 5.41) is 2.00. The van der Waals surface area contributed by atoms with Crippen molar-refractivity contribution in [2.24, 2.45) is 0 Å². The minimum Gasteiger partial charge on any atom is -0.358 e. The van der Waals surface area contributed by atoms with Crippen LogP contribution < -0.4 is 0 Å². The van der Waals surface area contributed by atoms with Crippen LogP contribution in [0.1, 0.15) is 19.4 Å². The quantitative estimate of drug-likeness (QED) is 0.649. The first-order chi connectivity index (χ1) is 8.19. The molecule has 1 aromatic rings. The van der Waals surface area contributed by atoms with E-state index in [0.717, 1.165) is 27.9 Å². The van der Waals surface area contributed by atoms with Crippen molar-refractivity contribution < 1.29 is 0 Å². The molecule has 1 rings (SSSR count). The third-order valence-electron chi connectivity index (χ3n) is 2.36. The molecule has 0 bridgehead atoms. The van der Waals surface area contributed by atoms with Gasteiger partial charge in [-0.15, -0.1) is 12.6 Å². The van der Waals surface area contributed by atoms with Crippen LogP contribution in [0.4, 0.5) is 0 Å². The average Bonchev–Trinajstić information content (AvgIpc) is 2.38. The standard InChI is InChI=1S/C13H17NS3/c1-3-14(4-2)13(16)17-10-12(15)11-8-6-5-7-9-11/h5-10,15H,3-4H2,1-2H3/b12-10-. The van der Waals surface area contributed by atoms with Crippen LogP contribution >= 0.6 is 36.6 Å². The molecule has 0 aliphatic heterocycles. The molecule has 0 fully saturated rings. The Morgan fingerprint density at radius 1 is 1.29 bits per heavy atom. The van der Waals surface area contributed by atoms with Crippen LogP contribution in [0.3, 0.4) is 0 Å². The zero-order valence-corrected chi connectivity index (χ0v) is 12.6. The van der Waals surface area contributed by atoms with Gasteiger partial charge in [-0.2, -0.15) is 0 Å². The van der Waals surface area contributed by atoms with Gasteiger partial charge in [0, 0.05) is 18.0 Å². The highest BCUT2D eigenvalue weighted by molar-refractivity contribution is 8.25. The summed E-state index contributed by atoms with van der Waals surface area (Å²) in [7, 11) is 0. The Hall–Kier alpha value is -0.450. The molecule has 0 atom stereocenters. The maximum absolute atomic E-state index is 5.35. The van der Waals surface area contributed by atoms with Gasteiger partial charge in [-0.1, -0.05) is 54.3 Å². The maximum Gasteiger partial charge on any atom is 0.140 e. The fourth-order valence-corrected chi connectivity index (χ4v) is 2.81. The van der Waals surface area contributed by atoms with E-state index < -0.39 is 0 Å². The number of nitrogens with zero attached hydrogens (tertiary/aromatic N) is 1. The summed E-state index contributed by atoms with van der Waals surface area (Å²) in [5.41, 5.74) is 1.12. The van der Waals surface area contributed by atoms with Crippen molar-refractivity contribution in [2.75, 3.05) is 13.1 Å². The molecule has 0 radical (unpaired) electrons. The topological polar surface area (TPSA) is 3.24 Å². The molecule has 0 aliphatic rings. The van der Waals surface area contributed by atoms with Gasteiger partial charge in [0.1, 0.15) is 4.32 Å². The summed E-state index contributed by atoms with van der Waals surface area (Å²) in [4.78, 5) is 3.10. The van der Waals surface area contributed by atoms with E-state index in [-0.39, 0.29) is 0 Å². The SMILES string of the molecule is CCN(CC)C(=S)S/C=C(\S)c1ccccc1. The summed E-state index contributed by atoms with van der Waals surface area (Å²) in [6, 6.07) is 10.1. The molecule has 0 saturated carbocycles. The Bertz CT molecular complexity index is 383. The molecule has 17 heavy (non-hydrogen) atoms. The summed E-state index contributed by atoms with van der Waals surface area (Å²) in [6.45, 7) is 6.12. The molecular weight excluding hydrogens is 266 g/mol. The van der Waals surface area contributed by atoms with Gasteiger partial charge in [-0.25, -0.2) is 0 Å². The van der Waals surface area contributed by atoms with Crippen LogP contribution in [-0.2, 0) is 0 Å². The third-order valence-corrected chi connectivity index (χ3v) is 4.28. The van der Waals surface area contributed by atoms with Gasteiger partial charge < -0.3 is 4.90 Å². The second kappa shape index (κ2) is 7.80. The van der Waals surface area contributed by atoms with Crippen molar-refractivity contribution in [3.63, 3.8) is 0 Å². The molecule has 1 aromatic carbocycles. The van der Waals surface area contributed by atoms with Gasteiger partial charge in [-0.3, -0.25) is 0 Å². The smallest absolute Gasteiger partial charge is 0.140 e. The molecule has 1 nitrogen and oxygen atoms in total. The second-order valence-electron chi connectivity index (χ2n) is 3.43. The van der Waals surface area contributed by atoms with Crippen LogP contribution in [0.5, 0.6) is 0 Å². The van der Waals surface area contributed by atoms with Gasteiger partial charge >= 0.3 is 0 Å². The molecule has 0 aliphatic carbocycles. The number of rotatable bonds is 4. The van der Waals surface area contributed by atoms with Gasteiger partial charge in [0.25, 0.3) is 0 Å². The van der Waals surface area contributed by atoms with Gasteiger partial charge in [0.2, 0.25) is 0 Å². The largest absolute Gasteiger partial charge is 0.358 e. The molecular formula is C13H17NS3. The Balaban J connectivity index is 2.62. The molecule has 0 spiro atoms. The third kappa shape index (κ3) is 4.74. The summed E-state index contributed by atoms with van der Waals surface area (Å²) in [6.07, 6.45) is 0. The lowest BCUT2D eigenvalue weighted by Crippen LogP contribution is -2.26. The Kier molecular flexibility index (Phi) is 6.70. The van der Waals surface area contributed by atoms with Crippen LogP contribution in [0.2, 0.25) is 0 Å². The van der Waals surface area contributed by atoms with E-state index in [2.05, 4.69) is 31.4 Å². The van der Waals surface area contributed by atoms with Crippen molar-refractivity contribution in [2.45, 2.75) is 13.8 Å². The van der Waals surface area contributed by atoms with Crippen molar-refractivity contribution in [1.29, 1.82) is 0 Å². The van der Waals surface area contributed by atoms with E-state index in [9.17, 15) is 0 Å². The zero-order valence-electron chi connectivity index (χ0n) is 10.1. The summed E-state index contributed by atoms with van der Waals surface area (Å²) < 4.78 is 0.900. The first-order valence-corrected chi connectivity index (χ1v) is 7.32. The molecule has 0 amide bonds. The number of thioether (sulfide) groups is 1. The fraction of sp³-hybridized carbons (Fsp3) is 0.308. The Labute approximate surface area is 119 Å². The van der Waals surface area contributed by atoms with Gasteiger partial charge in [0.05, 0.1) is 0 Å². The predicted molar refractivity (Wildman–Crippen MR) is 86.5 cm³/mol. The molecule has 0 unspecified atom stereocenters. The molecule has 0 saturated heterocycles. The minimum absolute atomic E-state index is 0.900. The molecule has 4 heteroatoms. The first kappa shape index (κ1) is 14.6. The van der Waals surface area contributed by atoms with E-state index >= 15 is 0 Å². The van der Waals surface area contributed by atoms with E-state index in [1.165, 1.54) is 0 Å². The van der Waals surface area contributed by atoms with Crippen molar-refractivity contribution in [1.82, 2.24) is 4.90 Å². The van der Waals surface area contributed by atoms with Crippen LogP contribution in [0.15, 0.2) is 35.7 Å². The van der Waals surface area contributed by atoms with Crippen molar-refractivity contribution >= 4 is 45.8 Å². The zero-order chi connectivity index (χ0) is 12.7. The van der Waals surface area contributed by atoms with E-state index in [1.54, 1.807) is 11.8 Å². The van der Waals surface area contributed by atoms with Crippen molar-refractivity contribution in [3.8, 4) is 0 Å². The monoisotopic (exact) mass is 283 g/mol. The number of benzene rings is 1. The molecule has 92 valence electrons. The first-order valence-electron chi connectivity index (χ1n) is 5.59. The maximum atomic E-state index is 5.35. The Morgan fingerprint density at radius 3 is 2.41 bits per heavy atom. The summed E-state index contributed by atoms with van der Waals surface area (Å²) >= 11 is 11.4. The fourth-order valence-electron chi connectivity index (χ4n) is 1.34. The second-order valence-corrected chi connectivity index (χ2v) is 5.41. The summed E-state index contributed by atoms with van der Waals surface area (Å²) in [5.74, 6) is 0. The molecule has 0 N–H and O–H groups in total. The highest BCUT2D eigenvalue weighted by Crippen LogP contribution is 2.23. The highest BCUT2D eigenvalue weighted by atomic mass is 32.2. The lowest BCUT2D eigenvalue weighted by atomic mass is 10.2. The van der Waals surface area contributed by atoms with E-state index in [0.29, 0.717) is 0 Å². The van der Waals surface area contributed by atoms with Gasteiger partial charge in [0.15, 0.2) is 0 Å². The molecule has 0 heterocycles. The number of hydrogen-bond donors (Lipinski definition) is 1. The predicted octanol–water partition coefficient (Wildman–Crippen LogP) is 4.27. The Morgan fingerprint density at radius 2 is 1.88 bits per heavy atom. The number of thiocarbonyl (C=S) groups is 1. The number of thiol groups is 1. The lowest BCUT2D eigenvalue weighted by Gasteiger charge is -2.19. The van der Waals surface area contributed by atoms with Crippen LogP contribution in [0.25, 0.3) is 4.91 Å². The van der Waals surface area contributed by atoms with Gasteiger partial charge in [-0.05, 0) is 24.8 Å². The number of hydrogen-bond acceptors (Lipinski definition) is 3. The van der Waals surface area contributed by atoms with Crippen molar-refractivity contribution in [3.05, 3.63) is 41.3 Å².